The van der Waals surface area contributed by atoms with Crippen LogP contribution in [-0.2, 0) is 4.74 Å². The number of hydrogen-bond donors (Lipinski definition) is 0. The van der Waals surface area contributed by atoms with E-state index in [1.807, 2.05) is 0 Å². The monoisotopic (exact) mass is 190 g/mol. The Kier molecular flexibility index (Phi) is 1.77. The van der Waals surface area contributed by atoms with Crippen LogP contribution in [0.3, 0.4) is 0 Å². The molecule has 1 heteroatoms. The number of hydrogen-bond acceptors (Lipinski definition) is 1. The van der Waals surface area contributed by atoms with E-state index in [0.29, 0.717) is 0 Å². The lowest BCUT2D eigenvalue weighted by molar-refractivity contribution is -0.0252. The van der Waals surface area contributed by atoms with Crippen molar-refractivity contribution in [2.45, 2.75) is 51.0 Å². The Morgan fingerprint density at radius 3 is 2.93 bits per heavy atom. The molecule has 1 nitrogen and oxygen atoms in total. The molecule has 14 heavy (non-hydrogen) atoms. The molecule has 0 amide bonds. The molecular weight excluding hydrogens is 172 g/mol. The van der Waals surface area contributed by atoms with Gasteiger partial charge in [-0.25, -0.2) is 0 Å². The minimum atomic E-state index is 0.240. The molecule has 1 heterocycles. The van der Waals surface area contributed by atoms with Crippen molar-refractivity contribution in [1.29, 1.82) is 0 Å². The van der Waals surface area contributed by atoms with Crippen molar-refractivity contribution in [3.05, 3.63) is 23.5 Å². The van der Waals surface area contributed by atoms with Crippen molar-refractivity contribution in [2.75, 3.05) is 0 Å². The average molecular weight is 190 g/mol. The molecule has 0 radical (unpaired) electrons. The molecule has 0 bridgehead atoms. The molecule has 0 N–H and O–H groups in total. The van der Waals surface area contributed by atoms with Crippen molar-refractivity contribution >= 4 is 0 Å². The van der Waals surface area contributed by atoms with E-state index in [-0.39, 0.29) is 5.60 Å². The van der Waals surface area contributed by atoms with Crippen LogP contribution in [-0.4, -0.2) is 5.60 Å². The van der Waals surface area contributed by atoms with Gasteiger partial charge in [-0.3, -0.25) is 0 Å². The molecule has 1 saturated carbocycles. The zero-order valence-electron chi connectivity index (χ0n) is 8.88. The van der Waals surface area contributed by atoms with Gasteiger partial charge in [-0.1, -0.05) is 19.1 Å². The number of ether oxygens (including phenoxy) is 1. The van der Waals surface area contributed by atoms with Gasteiger partial charge in [-0.2, -0.15) is 0 Å². The molecule has 3 aliphatic rings. The molecule has 1 unspecified atom stereocenters. The predicted molar refractivity (Wildman–Crippen MR) is 56.8 cm³/mol. The molecule has 1 atom stereocenters. The second-order valence-corrected chi connectivity index (χ2v) is 5.08. The third-order valence-electron chi connectivity index (χ3n) is 3.99. The Hall–Kier alpha value is -0.720. The van der Waals surface area contributed by atoms with Gasteiger partial charge in [0.25, 0.3) is 0 Å². The first-order valence-electron chi connectivity index (χ1n) is 5.88. The van der Waals surface area contributed by atoms with E-state index < -0.39 is 0 Å². The molecule has 1 aliphatic heterocycles. The second-order valence-electron chi connectivity index (χ2n) is 5.08. The molecule has 2 aliphatic carbocycles. The number of allylic oxidation sites excluding steroid dienone is 3. The minimum absolute atomic E-state index is 0.240. The van der Waals surface area contributed by atoms with Crippen LogP contribution in [0.15, 0.2) is 23.5 Å². The molecule has 0 aromatic rings. The normalized spacial score (nSPS) is 33.6. The largest absolute Gasteiger partial charge is 0.491 e. The molecule has 0 aromatic carbocycles. The van der Waals surface area contributed by atoms with E-state index in [1.165, 1.54) is 43.4 Å². The van der Waals surface area contributed by atoms with Crippen molar-refractivity contribution in [1.82, 2.24) is 0 Å². The van der Waals surface area contributed by atoms with Crippen LogP contribution >= 0.6 is 0 Å². The lowest BCUT2D eigenvalue weighted by Crippen LogP contribution is -2.35. The molecule has 1 fully saturated rings. The van der Waals surface area contributed by atoms with E-state index in [1.54, 1.807) is 0 Å². The van der Waals surface area contributed by atoms with Crippen LogP contribution in [0, 0.1) is 5.92 Å². The summed E-state index contributed by atoms with van der Waals surface area (Å²) in [5, 5.41) is 0. The lowest BCUT2D eigenvalue weighted by Gasteiger charge is -2.38. The van der Waals surface area contributed by atoms with Gasteiger partial charge in [0.15, 0.2) is 0 Å². The van der Waals surface area contributed by atoms with Crippen LogP contribution in [0.5, 0.6) is 0 Å². The third kappa shape index (κ3) is 1.14. The molecule has 0 saturated heterocycles. The third-order valence-corrected chi connectivity index (χ3v) is 3.99. The Morgan fingerprint density at radius 2 is 2.14 bits per heavy atom. The summed E-state index contributed by atoms with van der Waals surface area (Å²) in [4.78, 5) is 0. The highest BCUT2D eigenvalue weighted by molar-refractivity contribution is 5.34. The molecule has 76 valence electrons. The van der Waals surface area contributed by atoms with Crippen LogP contribution in [0.2, 0.25) is 0 Å². The fourth-order valence-electron chi connectivity index (χ4n) is 3.34. The molecule has 3 rings (SSSR count). The first-order valence-corrected chi connectivity index (χ1v) is 5.88. The highest BCUT2D eigenvalue weighted by atomic mass is 16.5. The first-order chi connectivity index (χ1) is 6.79. The van der Waals surface area contributed by atoms with Crippen LogP contribution in [0.25, 0.3) is 0 Å². The van der Waals surface area contributed by atoms with E-state index in [0.717, 1.165) is 12.3 Å². The maximum atomic E-state index is 6.25. The summed E-state index contributed by atoms with van der Waals surface area (Å²) in [6, 6.07) is 0. The molecular formula is C13H18O. The van der Waals surface area contributed by atoms with Crippen molar-refractivity contribution in [3.8, 4) is 0 Å². The average Bonchev–Trinajstić information content (AvgIpc) is 2.75. The maximum absolute atomic E-state index is 6.25. The highest BCUT2D eigenvalue weighted by Gasteiger charge is 2.42. The number of rotatable bonds is 0. The highest BCUT2D eigenvalue weighted by Crippen LogP contribution is 2.47. The molecule has 0 aromatic heterocycles. The van der Waals surface area contributed by atoms with Gasteiger partial charge < -0.3 is 4.74 Å². The fraction of sp³-hybridized carbons (Fsp3) is 0.692. The van der Waals surface area contributed by atoms with Gasteiger partial charge >= 0.3 is 0 Å². The van der Waals surface area contributed by atoms with E-state index >= 15 is 0 Å². The van der Waals surface area contributed by atoms with Crippen molar-refractivity contribution in [2.24, 2.45) is 5.92 Å². The predicted octanol–water partition coefficient (Wildman–Crippen LogP) is 3.57. The quantitative estimate of drug-likeness (QED) is 0.567. The van der Waals surface area contributed by atoms with Gasteiger partial charge in [0.2, 0.25) is 0 Å². The van der Waals surface area contributed by atoms with Crippen molar-refractivity contribution in [3.63, 3.8) is 0 Å². The zero-order chi connectivity index (χ0) is 9.60. The van der Waals surface area contributed by atoms with Gasteiger partial charge in [0, 0.05) is 6.42 Å². The fourth-order valence-corrected chi connectivity index (χ4v) is 3.34. The van der Waals surface area contributed by atoms with Gasteiger partial charge in [-0.05, 0) is 43.6 Å². The first kappa shape index (κ1) is 8.58. The van der Waals surface area contributed by atoms with E-state index in [9.17, 15) is 0 Å². The summed E-state index contributed by atoms with van der Waals surface area (Å²) < 4.78 is 6.25. The smallest absolute Gasteiger partial charge is 0.109 e. The second kappa shape index (κ2) is 2.88. The standard InChI is InChI=1S/C13H18O/c1-10-9-13(7-2-3-8-13)14-12-6-4-5-11(10)12/h4-5,10H,2-3,6-9H2,1H3. The van der Waals surface area contributed by atoms with Gasteiger partial charge in [0.1, 0.15) is 11.4 Å². The summed E-state index contributed by atoms with van der Waals surface area (Å²) in [6.45, 7) is 2.35. The summed E-state index contributed by atoms with van der Waals surface area (Å²) in [6.07, 6.45) is 12.1. The minimum Gasteiger partial charge on any atom is -0.491 e. The Labute approximate surface area is 85.8 Å². The van der Waals surface area contributed by atoms with E-state index in [4.69, 9.17) is 4.74 Å². The topological polar surface area (TPSA) is 9.23 Å². The maximum Gasteiger partial charge on any atom is 0.109 e. The Balaban J connectivity index is 1.90. The van der Waals surface area contributed by atoms with Crippen LogP contribution < -0.4 is 0 Å². The summed E-state index contributed by atoms with van der Waals surface area (Å²) in [7, 11) is 0. The van der Waals surface area contributed by atoms with Crippen LogP contribution in [0.1, 0.15) is 45.4 Å². The SMILES string of the molecule is CC1CC2(CCCC2)OC2=C1C=CC2. The Morgan fingerprint density at radius 1 is 1.36 bits per heavy atom. The van der Waals surface area contributed by atoms with Crippen LogP contribution in [0.4, 0.5) is 0 Å². The van der Waals surface area contributed by atoms with Crippen molar-refractivity contribution < 1.29 is 4.74 Å². The molecule has 1 spiro atoms. The summed E-state index contributed by atoms with van der Waals surface area (Å²) >= 11 is 0. The zero-order valence-corrected chi connectivity index (χ0v) is 8.88. The van der Waals surface area contributed by atoms with Gasteiger partial charge in [-0.15, -0.1) is 0 Å². The lowest BCUT2D eigenvalue weighted by atomic mass is 9.83. The summed E-state index contributed by atoms with van der Waals surface area (Å²) in [5.74, 6) is 2.00. The van der Waals surface area contributed by atoms with E-state index in [2.05, 4.69) is 19.1 Å². The summed E-state index contributed by atoms with van der Waals surface area (Å²) in [5.41, 5.74) is 1.71. The Bertz CT molecular complexity index is 305. The van der Waals surface area contributed by atoms with Gasteiger partial charge in [0.05, 0.1) is 0 Å².